The molecule has 7 nitrogen and oxygen atoms in total. The number of hydrogen-bond acceptors (Lipinski definition) is 6. The normalized spacial score (nSPS) is 12.3. The van der Waals surface area contributed by atoms with E-state index in [0.29, 0.717) is 5.75 Å². The maximum absolute atomic E-state index is 11.8. The fourth-order valence-corrected chi connectivity index (χ4v) is 2.68. The zero-order valence-corrected chi connectivity index (χ0v) is 11.1. The van der Waals surface area contributed by atoms with Crippen LogP contribution in [0.4, 0.5) is 0 Å². The van der Waals surface area contributed by atoms with Gasteiger partial charge in [-0.05, 0) is 18.2 Å². The van der Waals surface area contributed by atoms with Crippen molar-refractivity contribution in [3.8, 4) is 5.75 Å². The van der Waals surface area contributed by atoms with Gasteiger partial charge in [-0.15, -0.1) is 0 Å². The largest absolute Gasteiger partial charge is 0.497 e. The summed E-state index contributed by atoms with van der Waals surface area (Å²) < 4.78 is 61.2. The van der Waals surface area contributed by atoms with E-state index in [0.717, 1.165) is 0 Å². The Morgan fingerprint density at radius 2 is 1.89 bits per heavy atom. The Morgan fingerprint density at radius 3 is 2.44 bits per heavy atom. The van der Waals surface area contributed by atoms with Gasteiger partial charge in [0.15, 0.2) is 9.84 Å². The quantitative estimate of drug-likeness (QED) is 0.752. The van der Waals surface area contributed by atoms with E-state index in [1.54, 1.807) is 6.07 Å². The third-order valence-electron chi connectivity index (χ3n) is 1.98. The number of rotatable bonds is 6. The summed E-state index contributed by atoms with van der Waals surface area (Å²) in [5.74, 6) is -0.202. The van der Waals surface area contributed by atoms with Gasteiger partial charge in [-0.2, -0.15) is 8.42 Å². The predicted molar refractivity (Wildman–Crippen MR) is 62.5 cm³/mol. The summed E-state index contributed by atoms with van der Waals surface area (Å²) >= 11 is 0. The van der Waals surface area contributed by atoms with Crippen LogP contribution in [0.15, 0.2) is 29.2 Å². The minimum absolute atomic E-state index is 0.0132. The molecule has 9 heteroatoms. The molecular formula is C9H12O7S2. The Hall–Kier alpha value is -1.16. The lowest BCUT2D eigenvalue weighted by atomic mass is 10.3. The van der Waals surface area contributed by atoms with Crippen molar-refractivity contribution in [1.82, 2.24) is 0 Å². The van der Waals surface area contributed by atoms with Crippen LogP contribution < -0.4 is 4.74 Å². The average Bonchev–Trinajstić information content (AvgIpc) is 2.27. The van der Waals surface area contributed by atoms with E-state index in [1.165, 1.54) is 25.3 Å². The molecule has 0 spiro atoms. The molecule has 0 aliphatic heterocycles. The van der Waals surface area contributed by atoms with Crippen LogP contribution >= 0.6 is 0 Å². The van der Waals surface area contributed by atoms with Gasteiger partial charge in [0, 0.05) is 0 Å². The van der Waals surface area contributed by atoms with Gasteiger partial charge >= 0.3 is 10.4 Å². The Balaban J connectivity index is 2.80. The lowest BCUT2D eigenvalue weighted by molar-refractivity contribution is 0.284. The highest BCUT2D eigenvalue weighted by atomic mass is 32.3. The molecular weight excluding hydrogens is 284 g/mol. The molecule has 0 saturated heterocycles. The highest BCUT2D eigenvalue weighted by Crippen LogP contribution is 2.18. The SMILES string of the molecule is COc1cccc(S(=O)(=O)CCOS(=O)(=O)O)c1. The smallest absolute Gasteiger partial charge is 0.397 e. The summed E-state index contributed by atoms with van der Waals surface area (Å²) in [7, 11) is -6.93. The Bertz CT molecular complexity index is 604. The van der Waals surface area contributed by atoms with Crippen LogP contribution in [0.2, 0.25) is 0 Å². The van der Waals surface area contributed by atoms with Crippen LogP contribution in [-0.2, 0) is 24.4 Å². The molecule has 0 unspecified atom stereocenters. The summed E-state index contributed by atoms with van der Waals surface area (Å²) in [5.41, 5.74) is 0. The number of sulfone groups is 1. The van der Waals surface area contributed by atoms with Crippen LogP contribution in [0, 0.1) is 0 Å². The molecule has 18 heavy (non-hydrogen) atoms. The zero-order valence-electron chi connectivity index (χ0n) is 9.44. The predicted octanol–water partition coefficient (Wildman–Crippen LogP) is 0.288. The molecule has 0 aliphatic carbocycles. The Kier molecular flexibility index (Phi) is 4.68. The minimum Gasteiger partial charge on any atom is -0.497 e. The number of hydrogen-bond donors (Lipinski definition) is 1. The van der Waals surface area contributed by atoms with Crippen molar-refractivity contribution in [1.29, 1.82) is 0 Å². The Morgan fingerprint density at radius 1 is 1.22 bits per heavy atom. The van der Waals surface area contributed by atoms with Crippen LogP contribution in [0.3, 0.4) is 0 Å². The maximum atomic E-state index is 11.8. The van der Waals surface area contributed by atoms with E-state index >= 15 is 0 Å². The van der Waals surface area contributed by atoms with Gasteiger partial charge in [-0.3, -0.25) is 4.55 Å². The molecule has 102 valence electrons. The van der Waals surface area contributed by atoms with Gasteiger partial charge in [0.1, 0.15) is 5.75 Å². The monoisotopic (exact) mass is 296 g/mol. The molecule has 0 heterocycles. The highest BCUT2D eigenvalue weighted by Gasteiger charge is 2.16. The molecule has 0 amide bonds. The van der Waals surface area contributed by atoms with Crippen molar-refractivity contribution in [3.05, 3.63) is 24.3 Å². The molecule has 0 saturated carbocycles. The van der Waals surface area contributed by atoms with E-state index in [1.807, 2.05) is 0 Å². The molecule has 1 aromatic carbocycles. The van der Waals surface area contributed by atoms with Gasteiger partial charge in [-0.1, -0.05) is 6.07 Å². The first-order valence-electron chi connectivity index (χ1n) is 4.73. The molecule has 0 fully saturated rings. The first kappa shape index (κ1) is 14.9. The molecule has 0 bridgehead atoms. The van der Waals surface area contributed by atoms with Crippen LogP contribution in [0.5, 0.6) is 5.75 Å². The maximum Gasteiger partial charge on any atom is 0.397 e. The third-order valence-corrected chi connectivity index (χ3v) is 4.13. The number of ether oxygens (including phenoxy) is 1. The summed E-state index contributed by atoms with van der Waals surface area (Å²) in [6.07, 6.45) is 0. The fraction of sp³-hybridized carbons (Fsp3) is 0.333. The topological polar surface area (TPSA) is 107 Å². The minimum atomic E-state index is -4.63. The highest BCUT2D eigenvalue weighted by molar-refractivity contribution is 7.91. The van der Waals surface area contributed by atoms with Crippen LogP contribution in [0.1, 0.15) is 0 Å². The first-order chi connectivity index (χ1) is 8.24. The van der Waals surface area contributed by atoms with E-state index < -0.39 is 32.6 Å². The second kappa shape index (κ2) is 5.65. The molecule has 0 radical (unpaired) electrons. The molecule has 1 aromatic rings. The van der Waals surface area contributed by atoms with E-state index in [2.05, 4.69) is 4.18 Å². The van der Waals surface area contributed by atoms with E-state index in [4.69, 9.17) is 9.29 Å². The van der Waals surface area contributed by atoms with Gasteiger partial charge in [-0.25, -0.2) is 12.6 Å². The van der Waals surface area contributed by atoms with Crippen molar-refractivity contribution in [2.24, 2.45) is 0 Å². The summed E-state index contributed by atoms with van der Waals surface area (Å²) in [5, 5.41) is 0. The molecule has 0 atom stereocenters. The average molecular weight is 296 g/mol. The van der Waals surface area contributed by atoms with E-state index in [-0.39, 0.29) is 4.90 Å². The van der Waals surface area contributed by atoms with Gasteiger partial charge in [0.2, 0.25) is 0 Å². The lowest BCUT2D eigenvalue weighted by Crippen LogP contribution is -2.15. The fourth-order valence-electron chi connectivity index (χ4n) is 1.16. The summed E-state index contributed by atoms with van der Waals surface area (Å²) in [6.45, 7) is -0.654. The molecule has 0 aliphatic rings. The zero-order chi connectivity index (χ0) is 13.8. The molecule has 1 N–H and O–H groups in total. The van der Waals surface area contributed by atoms with Crippen LogP contribution in [-0.4, -0.2) is 40.9 Å². The standard InChI is InChI=1S/C9H12O7S2/c1-15-8-3-2-4-9(7-8)17(10,11)6-5-16-18(12,13)14/h2-4,7H,5-6H2,1H3,(H,12,13,14). The Labute approximate surface area is 105 Å². The molecule has 0 aromatic heterocycles. The van der Waals surface area contributed by atoms with Crippen molar-refractivity contribution < 1.29 is 30.3 Å². The molecule has 1 rings (SSSR count). The lowest BCUT2D eigenvalue weighted by Gasteiger charge is -2.05. The number of benzene rings is 1. The van der Waals surface area contributed by atoms with Crippen molar-refractivity contribution in [2.45, 2.75) is 4.90 Å². The van der Waals surface area contributed by atoms with Crippen LogP contribution in [0.25, 0.3) is 0 Å². The second-order valence-electron chi connectivity index (χ2n) is 3.25. The van der Waals surface area contributed by atoms with Crippen molar-refractivity contribution in [3.63, 3.8) is 0 Å². The van der Waals surface area contributed by atoms with Gasteiger partial charge in [0.25, 0.3) is 0 Å². The third kappa shape index (κ3) is 4.61. The summed E-state index contributed by atoms with van der Waals surface area (Å²) in [4.78, 5) is -0.0132. The number of methoxy groups -OCH3 is 1. The van der Waals surface area contributed by atoms with Crippen molar-refractivity contribution in [2.75, 3.05) is 19.5 Å². The van der Waals surface area contributed by atoms with Gasteiger partial charge in [0.05, 0.1) is 24.4 Å². The van der Waals surface area contributed by atoms with Crippen molar-refractivity contribution >= 4 is 20.2 Å². The first-order valence-corrected chi connectivity index (χ1v) is 7.75. The second-order valence-corrected chi connectivity index (χ2v) is 6.45. The summed E-state index contributed by atoms with van der Waals surface area (Å²) in [6, 6.07) is 5.73. The van der Waals surface area contributed by atoms with E-state index in [9.17, 15) is 16.8 Å². The van der Waals surface area contributed by atoms with Gasteiger partial charge < -0.3 is 4.74 Å².